The number of esters is 2. The van der Waals surface area contributed by atoms with Gasteiger partial charge in [-0.1, -0.05) is 42.5 Å². The molecule has 0 aliphatic carbocycles. The number of para-hydroxylation sites is 1. The second-order valence-corrected chi connectivity index (χ2v) is 8.00. The largest absolute Gasteiger partial charge is 0.496 e. The fourth-order valence-corrected chi connectivity index (χ4v) is 4.00. The molecule has 0 spiro atoms. The molecular formula is C27H25N3O7. The van der Waals surface area contributed by atoms with E-state index in [1.807, 2.05) is 30.3 Å². The smallest absolute Gasteiger partial charge is 0.339 e. The van der Waals surface area contributed by atoms with E-state index in [4.69, 9.17) is 9.47 Å². The van der Waals surface area contributed by atoms with Gasteiger partial charge in [0.1, 0.15) is 12.3 Å². The van der Waals surface area contributed by atoms with Crippen molar-refractivity contribution in [3.63, 3.8) is 0 Å². The number of carbonyl (C=O) groups is 2. The van der Waals surface area contributed by atoms with Crippen LogP contribution in [0.15, 0.2) is 70.3 Å². The molecule has 0 aliphatic rings. The maximum atomic E-state index is 13.6. The van der Waals surface area contributed by atoms with Gasteiger partial charge in [0.15, 0.2) is 5.65 Å². The summed E-state index contributed by atoms with van der Waals surface area (Å²) < 4.78 is 17.4. The average Bonchev–Trinajstić information content (AvgIpc) is 2.93. The van der Waals surface area contributed by atoms with Crippen molar-refractivity contribution in [1.29, 1.82) is 0 Å². The van der Waals surface area contributed by atoms with Crippen LogP contribution >= 0.6 is 0 Å². The van der Waals surface area contributed by atoms with Gasteiger partial charge in [-0.2, -0.15) is 0 Å². The van der Waals surface area contributed by atoms with Gasteiger partial charge in [-0.25, -0.2) is 19.1 Å². The Kier molecular flexibility index (Phi) is 7.47. The van der Waals surface area contributed by atoms with E-state index in [9.17, 15) is 19.2 Å². The zero-order valence-corrected chi connectivity index (χ0v) is 20.6. The van der Waals surface area contributed by atoms with Gasteiger partial charge < -0.3 is 14.2 Å². The minimum absolute atomic E-state index is 0.0218. The molecule has 2 heterocycles. The number of rotatable bonds is 8. The lowest BCUT2D eigenvalue weighted by Gasteiger charge is -2.17. The molecule has 0 atom stereocenters. The Hall–Kier alpha value is -4.73. The molecule has 0 radical (unpaired) electrons. The summed E-state index contributed by atoms with van der Waals surface area (Å²) in [5.41, 5.74) is -0.127. The number of pyridine rings is 1. The second kappa shape index (κ2) is 10.9. The third-order valence-corrected chi connectivity index (χ3v) is 5.75. The van der Waals surface area contributed by atoms with Crippen LogP contribution < -0.4 is 16.0 Å². The highest BCUT2D eigenvalue weighted by atomic mass is 16.5. The van der Waals surface area contributed by atoms with Crippen molar-refractivity contribution in [3.05, 3.63) is 92.6 Å². The van der Waals surface area contributed by atoms with E-state index in [1.54, 1.807) is 31.2 Å². The number of aromatic nitrogens is 3. The molecule has 190 valence electrons. The number of benzene rings is 2. The molecule has 0 saturated carbocycles. The Morgan fingerprint density at radius 3 is 2.32 bits per heavy atom. The average molecular weight is 504 g/mol. The van der Waals surface area contributed by atoms with Gasteiger partial charge in [0.2, 0.25) is 0 Å². The van der Waals surface area contributed by atoms with Gasteiger partial charge in [0.05, 0.1) is 44.0 Å². The Morgan fingerprint density at radius 1 is 0.946 bits per heavy atom. The number of nitrogens with zero attached hydrogens (tertiary/aromatic N) is 3. The molecule has 2 aromatic heterocycles. The Labute approximate surface area is 211 Å². The van der Waals surface area contributed by atoms with Gasteiger partial charge >= 0.3 is 17.6 Å². The summed E-state index contributed by atoms with van der Waals surface area (Å²) in [4.78, 5) is 57.0. The van der Waals surface area contributed by atoms with Crippen LogP contribution in [0.4, 0.5) is 0 Å². The molecule has 37 heavy (non-hydrogen) atoms. The standard InChI is InChI=1S/C27H25N3O7/c1-4-37-26(33)19-14-20(18-12-8-9-13-21(18)35-2)28-24-23(19)25(32)30(16-22(31)36-3)27(34)29(24)15-17-10-6-5-7-11-17/h5-14H,4,15-16H2,1-3H3. The fraction of sp³-hybridized carbons (Fsp3) is 0.222. The maximum Gasteiger partial charge on any atom is 0.339 e. The Balaban J connectivity index is 2.14. The predicted molar refractivity (Wildman–Crippen MR) is 136 cm³/mol. The number of ether oxygens (including phenoxy) is 3. The summed E-state index contributed by atoms with van der Waals surface area (Å²) in [5.74, 6) is -1.07. The Morgan fingerprint density at radius 2 is 1.65 bits per heavy atom. The number of carbonyl (C=O) groups excluding carboxylic acids is 2. The highest BCUT2D eigenvalue weighted by Crippen LogP contribution is 2.30. The zero-order valence-electron chi connectivity index (χ0n) is 20.6. The maximum absolute atomic E-state index is 13.6. The quantitative estimate of drug-likeness (QED) is 0.337. The van der Waals surface area contributed by atoms with Gasteiger partial charge in [-0.05, 0) is 30.7 Å². The van der Waals surface area contributed by atoms with Crippen molar-refractivity contribution in [2.45, 2.75) is 20.0 Å². The van der Waals surface area contributed by atoms with E-state index in [-0.39, 0.29) is 29.7 Å². The summed E-state index contributed by atoms with van der Waals surface area (Å²) in [6, 6.07) is 17.5. The highest BCUT2D eigenvalue weighted by Gasteiger charge is 2.25. The van der Waals surface area contributed by atoms with Gasteiger partial charge in [-0.3, -0.25) is 14.2 Å². The number of hydrogen-bond donors (Lipinski definition) is 0. The molecule has 2 aromatic carbocycles. The number of fused-ring (bicyclic) bond motifs is 1. The van der Waals surface area contributed by atoms with E-state index in [0.29, 0.717) is 17.0 Å². The van der Waals surface area contributed by atoms with Crippen LogP contribution in [-0.4, -0.2) is 46.9 Å². The molecule has 0 fully saturated rings. The summed E-state index contributed by atoms with van der Waals surface area (Å²) in [6.07, 6.45) is 0. The van der Waals surface area contributed by atoms with Gasteiger partial charge in [0, 0.05) is 5.56 Å². The molecule has 10 nitrogen and oxygen atoms in total. The highest BCUT2D eigenvalue weighted by molar-refractivity contribution is 6.03. The molecule has 0 saturated heterocycles. The van der Waals surface area contributed by atoms with Crippen molar-refractivity contribution >= 4 is 23.0 Å². The van der Waals surface area contributed by atoms with Crippen molar-refractivity contribution in [2.75, 3.05) is 20.8 Å². The molecule has 4 aromatic rings. The lowest BCUT2D eigenvalue weighted by molar-refractivity contribution is -0.141. The van der Waals surface area contributed by atoms with Crippen molar-refractivity contribution < 1.29 is 23.8 Å². The van der Waals surface area contributed by atoms with Crippen molar-refractivity contribution in [1.82, 2.24) is 14.1 Å². The van der Waals surface area contributed by atoms with Crippen LogP contribution in [0.1, 0.15) is 22.8 Å². The van der Waals surface area contributed by atoms with Gasteiger partial charge in [-0.15, -0.1) is 0 Å². The monoisotopic (exact) mass is 503 g/mol. The van der Waals surface area contributed by atoms with E-state index in [0.717, 1.165) is 17.2 Å². The van der Waals surface area contributed by atoms with Crippen LogP contribution in [-0.2, 0) is 27.4 Å². The van der Waals surface area contributed by atoms with Crippen LogP contribution in [0.3, 0.4) is 0 Å². The molecule has 10 heteroatoms. The van der Waals surface area contributed by atoms with Crippen molar-refractivity contribution in [3.8, 4) is 17.0 Å². The molecule has 4 rings (SSSR count). The Bertz CT molecular complexity index is 1590. The van der Waals surface area contributed by atoms with E-state index in [1.165, 1.54) is 17.7 Å². The first-order chi connectivity index (χ1) is 17.9. The van der Waals surface area contributed by atoms with Crippen LogP contribution in [0, 0.1) is 0 Å². The van der Waals surface area contributed by atoms with E-state index >= 15 is 0 Å². The van der Waals surface area contributed by atoms with Crippen LogP contribution in [0.2, 0.25) is 0 Å². The van der Waals surface area contributed by atoms with Crippen LogP contribution in [0.5, 0.6) is 5.75 Å². The third kappa shape index (κ3) is 4.99. The summed E-state index contributed by atoms with van der Waals surface area (Å²) in [5, 5.41) is -0.142. The predicted octanol–water partition coefficient (Wildman–Crippen LogP) is 2.63. The molecule has 0 N–H and O–H groups in total. The van der Waals surface area contributed by atoms with Crippen LogP contribution in [0.25, 0.3) is 22.3 Å². The lowest BCUT2D eigenvalue weighted by Crippen LogP contribution is -2.43. The van der Waals surface area contributed by atoms with Gasteiger partial charge in [0.25, 0.3) is 5.56 Å². The third-order valence-electron chi connectivity index (χ3n) is 5.75. The van der Waals surface area contributed by atoms with E-state index < -0.39 is 29.7 Å². The SMILES string of the molecule is CCOC(=O)c1cc(-c2ccccc2OC)nc2c1c(=O)n(CC(=O)OC)c(=O)n2Cc1ccccc1. The first kappa shape index (κ1) is 25.4. The molecule has 0 unspecified atom stereocenters. The van der Waals surface area contributed by atoms with Crippen molar-refractivity contribution in [2.24, 2.45) is 0 Å². The first-order valence-corrected chi connectivity index (χ1v) is 11.5. The topological polar surface area (TPSA) is 119 Å². The molecular weight excluding hydrogens is 478 g/mol. The van der Waals surface area contributed by atoms with E-state index in [2.05, 4.69) is 9.72 Å². The molecule has 0 amide bonds. The molecule has 0 bridgehead atoms. The molecule has 0 aliphatic heterocycles. The fourth-order valence-electron chi connectivity index (χ4n) is 4.00. The normalized spacial score (nSPS) is 10.8. The first-order valence-electron chi connectivity index (χ1n) is 11.5. The second-order valence-electron chi connectivity index (χ2n) is 8.00. The summed E-state index contributed by atoms with van der Waals surface area (Å²) in [6.45, 7) is 1.10. The minimum Gasteiger partial charge on any atom is -0.496 e. The summed E-state index contributed by atoms with van der Waals surface area (Å²) >= 11 is 0. The summed E-state index contributed by atoms with van der Waals surface area (Å²) in [7, 11) is 2.66. The number of methoxy groups -OCH3 is 2. The lowest BCUT2D eigenvalue weighted by atomic mass is 10.1. The number of hydrogen-bond acceptors (Lipinski definition) is 8. The zero-order chi connectivity index (χ0) is 26.5. The minimum atomic E-state index is -0.850.